The second-order valence-corrected chi connectivity index (χ2v) is 3.52. The van der Waals surface area contributed by atoms with Gasteiger partial charge in [-0.3, -0.25) is 0 Å². The zero-order valence-corrected chi connectivity index (χ0v) is 8.93. The van der Waals surface area contributed by atoms with Crippen LogP contribution < -0.4 is 10.5 Å². The Morgan fingerprint density at radius 2 is 2.25 bits per heavy atom. The summed E-state index contributed by atoms with van der Waals surface area (Å²) >= 11 is 0. The molecule has 86 valence electrons. The predicted molar refractivity (Wildman–Crippen MR) is 57.4 cm³/mol. The predicted octanol–water partition coefficient (Wildman–Crippen LogP) is 0.833. The van der Waals surface area contributed by atoms with Crippen molar-refractivity contribution in [3.63, 3.8) is 0 Å². The largest absolute Gasteiger partial charge is 0.486 e. The molecule has 2 N–H and O–H groups in total. The summed E-state index contributed by atoms with van der Waals surface area (Å²) in [4.78, 5) is 11.4. The highest BCUT2D eigenvalue weighted by Crippen LogP contribution is 2.22. The number of carbonyl (C=O) groups is 1. The van der Waals surface area contributed by atoms with Crippen molar-refractivity contribution in [1.82, 2.24) is 0 Å². The minimum Gasteiger partial charge on any atom is -0.486 e. The third-order valence-electron chi connectivity index (χ3n) is 2.34. The molecule has 0 atom stereocenters. The Labute approximate surface area is 93.1 Å². The molecular formula is C11H13NO4. The number of nitrogens with two attached hydrogens (primary N) is 1. The van der Waals surface area contributed by atoms with Gasteiger partial charge in [-0.25, -0.2) is 4.79 Å². The van der Waals surface area contributed by atoms with Crippen LogP contribution in [0.3, 0.4) is 0 Å². The van der Waals surface area contributed by atoms with Crippen LogP contribution in [0.4, 0.5) is 5.69 Å². The number of rotatable bonds is 3. The summed E-state index contributed by atoms with van der Waals surface area (Å²) in [7, 11) is 1.31. The van der Waals surface area contributed by atoms with Crippen molar-refractivity contribution in [2.24, 2.45) is 0 Å². The molecule has 1 aromatic carbocycles. The van der Waals surface area contributed by atoms with Crippen molar-refractivity contribution >= 4 is 11.7 Å². The average molecular weight is 223 g/mol. The molecule has 5 heteroatoms. The van der Waals surface area contributed by atoms with E-state index < -0.39 is 5.97 Å². The first kappa shape index (κ1) is 10.8. The molecule has 0 bridgehead atoms. The summed E-state index contributed by atoms with van der Waals surface area (Å²) in [6.07, 6.45) is 0.0640. The molecule has 1 aliphatic heterocycles. The zero-order valence-electron chi connectivity index (χ0n) is 8.93. The van der Waals surface area contributed by atoms with E-state index in [9.17, 15) is 4.79 Å². The smallest absolute Gasteiger partial charge is 0.340 e. The SMILES string of the molecule is COC(=O)c1cc(OC2COC2)ccc1N. The van der Waals surface area contributed by atoms with Gasteiger partial charge in [0.05, 0.1) is 25.9 Å². The second kappa shape index (κ2) is 4.40. The molecule has 0 aromatic heterocycles. The Morgan fingerprint density at radius 1 is 1.50 bits per heavy atom. The van der Waals surface area contributed by atoms with Crippen LogP contribution in [0.1, 0.15) is 10.4 Å². The van der Waals surface area contributed by atoms with Crippen LogP contribution in [0.25, 0.3) is 0 Å². The number of esters is 1. The van der Waals surface area contributed by atoms with E-state index in [1.165, 1.54) is 7.11 Å². The molecule has 0 saturated carbocycles. The summed E-state index contributed by atoms with van der Waals surface area (Å²) in [5.74, 6) is 0.135. The lowest BCUT2D eigenvalue weighted by molar-refractivity contribution is -0.0796. The number of anilines is 1. The monoisotopic (exact) mass is 223 g/mol. The van der Waals surface area contributed by atoms with Crippen LogP contribution in [0.5, 0.6) is 5.75 Å². The highest BCUT2D eigenvalue weighted by molar-refractivity contribution is 5.95. The van der Waals surface area contributed by atoms with Gasteiger partial charge in [0.15, 0.2) is 0 Å². The molecule has 1 aromatic rings. The Bertz CT molecular complexity index is 401. The first-order valence-electron chi connectivity index (χ1n) is 4.93. The van der Waals surface area contributed by atoms with Crippen LogP contribution in [0, 0.1) is 0 Å². The molecule has 1 heterocycles. The van der Waals surface area contributed by atoms with Crippen LogP contribution in [-0.2, 0) is 9.47 Å². The minimum atomic E-state index is -0.465. The van der Waals surface area contributed by atoms with Gasteiger partial charge in [0, 0.05) is 5.69 Å². The minimum absolute atomic E-state index is 0.0640. The fourth-order valence-electron chi connectivity index (χ4n) is 1.37. The molecule has 0 aliphatic carbocycles. The van der Waals surface area contributed by atoms with Crippen molar-refractivity contribution in [3.8, 4) is 5.75 Å². The number of methoxy groups -OCH3 is 1. The van der Waals surface area contributed by atoms with Gasteiger partial charge in [0.2, 0.25) is 0 Å². The first-order valence-corrected chi connectivity index (χ1v) is 4.93. The summed E-state index contributed by atoms with van der Waals surface area (Å²) in [6, 6.07) is 4.93. The van der Waals surface area contributed by atoms with Gasteiger partial charge in [-0.2, -0.15) is 0 Å². The third kappa shape index (κ3) is 2.09. The van der Waals surface area contributed by atoms with Gasteiger partial charge in [-0.05, 0) is 18.2 Å². The van der Waals surface area contributed by atoms with Crippen molar-refractivity contribution in [3.05, 3.63) is 23.8 Å². The maximum absolute atomic E-state index is 11.4. The first-order chi connectivity index (χ1) is 7.70. The molecule has 1 fully saturated rings. The van der Waals surface area contributed by atoms with E-state index >= 15 is 0 Å². The molecule has 1 aliphatic rings. The maximum atomic E-state index is 11.4. The number of ether oxygens (including phenoxy) is 3. The van der Waals surface area contributed by atoms with Gasteiger partial charge in [0.25, 0.3) is 0 Å². The van der Waals surface area contributed by atoms with Gasteiger partial charge in [-0.15, -0.1) is 0 Å². The van der Waals surface area contributed by atoms with Crippen LogP contribution in [0.2, 0.25) is 0 Å². The lowest BCUT2D eigenvalue weighted by Crippen LogP contribution is -2.38. The van der Waals surface area contributed by atoms with E-state index in [4.69, 9.17) is 15.2 Å². The number of benzene rings is 1. The van der Waals surface area contributed by atoms with Crippen LogP contribution in [0.15, 0.2) is 18.2 Å². The van der Waals surface area contributed by atoms with E-state index in [-0.39, 0.29) is 6.10 Å². The Kier molecular flexibility index (Phi) is 2.96. The van der Waals surface area contributed by atoms with Gasteiger partial charge in [0.1, 0.15) is 11.9 Å². The number of nitrogen functional groups attached to an aromatic ring is 1. The highest BCUT2D eigenvalue weighted by Gasteiger charge is 2.21. The van der Waals surface area contributed by atoms with Crippen molar-refractivity contribution in [2.75, 3.05) is 26.1 Å². The molecule has 2 rings (SSSR count). The second-order valence-electron chi connectivity index (χ2n) is 3.52. The third-order valence-corrected chi connectivity index (χ3v) is 2.34. The maximum Gasteiger partial charge on any atom is 0.340 e. The van der Waals surface area contributed by atoms with Crippen molar-refractivity contribution in [1.29, 1.82) is 0 Å². The quantitative estimate of drug-likeness (QED) is 0.607. The average Bonchev–Trinajstić information content (AvgIpc) is 2.24. The molecule has 0 unspecified atom stereocenters. The standard InChI is InChI=1S/C11H13NO4/c1-14-11(13)9-4-7(2-3-10(9)12)16-8-5-15-6-8/h2-4,8H,5-6,12H2,1H3. The Hall–Kier alpha value is -1.75. The lowest BCUT2D eigenvalue weighted by Gasteiger charge is -2.26. The van der Waals surface area contributed by atoms with Crippen molar-refractivity contribution in [2.45, 2.75) is 6.10 Å². The highest BCUT2D eigenvalue weighted by atomic mass is 16.6. The molecule has 0 spiro atoms. The van der Waals surface area contributed by atoms with E-state index in [1.54, 1.807) is 18.2 Å². The molecule has 5 nitrogen and oxygen atoms in total. The molecule has 1 saturated heterocycles. The molecule has 16 heavy (non-hydrogen) atoms. The molecule has 0 amide bonds. The van der Waals surface area contributed by atoms with Gasteiger partial charge < -0.3 is 19.9 Å². The van der Waals surface area contributed by atoms with E-state index in [1.807, 2.05) is 0 Å². The Morgan fingerprint density at radius 3 is 2.81 bits per heavy atom. The molecule has 0 radical (unpaired) electrons. The summed E-state index contributed by atoms with van der Waals surface area (Å²) in [5.41, 5.74) is 6.36. The normalized spacial score (nSPS) is 15.3. The van der Waals surface area contributed by atoms with E-state index in [2.05, 4.69) is 4.74 Å². The number of hydrogen-bond acceptors (Lipinski definition) is 5. The van der Waals surface area contributed by atoms with Crippen LogP contribution in [-0.4, -0.2) is 32.4 Å². The summed E-state index contributed by atoms with van der Waals surface area (Å²) in [5, 5.41) is 0. The van der Waals surface area contributed by atoms with Crippen molar-refractivity contribution < 1.29 is 19.0 Å². The topological polar surface area (TPSA) is 70.8 Å². The Balaban J connectivity index is 2.17. The fraction of sp³-hybridized carbons (Fsp3) is 0.364. The van der Waals surface area contributed by atoms with E-state index in [0.717, 1.165) is 0 Å². The fourth-order valence-corrected chi connectivity index (χ4v) is 1.37. The molecular weight excluding hydrogens is 210 g/mol. The van der Waals surface area contributed by atoms with Gasteiger partial charge in [-0.1, -0.05) is 0 Å². The lowest BCUT2D eigenvalue weighted by atomic mass is 10.1. The van der Waals surface area contributed by atoms with Crippen LogP contribution >= 0.6 is 0 Å². The summed E-state index contributed by atoms with van der Waals surface area (Å²) in [6.45, 7) is 1.16. The summed E-state index contributed by atoms with van der Waals surface area (Å²) < 4.78 is 15.2. The number of hydrogen-bond donors (Lipinski definition) is 1. The number of carbonyl (C=O) groups excluding carboxylic acids is 1. The zero-order chi connectivity index (χ0) is 11.5. The van der Waals surface area contributed by atoms with Gasteiger partial charge >= 0.3 is 5.97 Å². The van der Waals surface area contributed by atoms with E-state index in [0.29, 0.717) is 30.2 Å².